The SMILES string of the molecule is CCC(Sc1nnc(CSc2ccc(C)cc2)n1C)C(=O)Nc1cccc(C)c1. The lowest BCUT2D eigenvalue weighted by atomic mass is 10.2. The van der Waals surface area contributed by atoms with Crippen molar-refractivity contribution in [3.05, 3.63) is 65.5 Å². The largest absolute Gasteiger partial charge is 0.325 e. The van der Waals surface area contributed by atoms with Gasteiger partial charge in [0.25, 0.3) is 0 Å². The summed E-state index contributed by atoms with van der Waals surface area (Å²) in [4.78, 5) is 13.9. The summed E-state index contributed by atoms with van der Waals surface area (Å²) in [6.07, 6.45) is 0.711. The topological polar surface area (TPSA) is 59.8 Å². The lowest BCUT2D eigenvalue weighted by Gasteiger charge is -2.14. The molecule has 1 aromatic heterocycles. The Morgan fingerprint density at radius 3 is 2.55 bits per heavy atom. The fraction of sp³-hybridized carbons (Fsp3) is 0.318. The summed E-state index contributed by atoms with van der Waals surface area (Å²) in [6.45, 7) is 6.11. The number of anilines is 1. The average molecular weight is 427 g/mol. The van der Waals surface area contributed by atoms with Gasteiger partial charge in [0.1, 0.15) is 5.82 Å². The summed E-state index contributed by atoms with van der Waals surface area (Å²) < 4.78 is 1.98. The Balaban J connectivity index is 1.62. The van der Waals surface area contributed by atoms with Gasteiger partial charge < -0.3 is 9.88 Å². The van der Waals surface area contributed by atoms with Crippen molar-refractivity contribution in [1.29, 1.82) is 0 Å². The van der Waals surface area contributed by atoms with E-state index in [4.69, 9.17) is 0 Å². The molecular weight excluding hydrogens is 400 g/mol. The Hall–Kier alpha value is -2.25. The summed E-state index contributed by atoms with van der Waals surface area (Å²) in [6, 6.07) is 16.3. The molecule has 5 nitrogen and oxygen atoms in total. The standard InChI is InChI=1S/C22H26N4OS2/c1-5-19(21(27)23-17-8-6-7-16(3)13-17)29-22-25-24-20(26(22)4)14-28-18-11-9-15(2)10-12-18/h6-13,19H,5,14H2,1-4H3,(H,23,27). The number of carbonyl (C=O) groups excluding carboxylic acids is 1. The lowest BCUT2D eigenvalue weighted by Crippen LogP contribution is -2.25. The molecule has 7 heteroatoms. The average Bonchev–Trinajstić information content (AvgIpc) is 3.05. The van der Waals surface area contributed by atoms with Crippen molar-refractivity contribution in [2.45, 2.75) is 48.2 Å². The van der Waals surface area contributed by atoms with Gasteiger partial charge in [0.15, 0.2) is 5.16 Å². The third kappa shape index (κ3) is 5.87. The van der Waals surface area contributed by atoms with Gasteiger partial charge in [-0.2, -0.15) is 0 Å². The number of thioether (sulfide) groups is 2. The number of amides is 1. The van der Waals surface area contributed by atoms with Gasteiger partial charge in [-0.15, -0.1) is 22.0 Å². The Bertz CT molecular complexity index is 969. The maximum absolute atomic E-state index is 12.7. The highest BCUT2D eigenvalue weighted by Crippen LogP contribution is 2.28. The second kappa shape index (κ2) is 9.98. The Labute approximate surface area is 180 Å². The molecule has 3 rings (SSSR count). The van der Waals surface area contributed by atoms with Crippen molar-refractivity contribution in [1.82, 2.24) is 14.8 Å². The minimum atomic E-state index is -0.226. The van der Waals surface area contributed by atoms with E-state index in [1.54, 1.807) is 11.8 Å². The highest BCUT2D eigenvalue weighted by atomic mass is 32.2. The van der Waals surface area contributed by atoms with Crippen LogP contribution >= 0.6 is 23.5 Å². The molecule has 0 saturated carbocycles. The van der Waals surface area contributed by atoms with Crippen molar-refractivity contribution >= 4 is 35.1 Å². The maximum Gasteiger partial charge on any atom is 0.237 e. The molecular formula is C22H26N4OS2. The van der Waals surface area contributed by atoms with E-state index in [1.807, 2.05) is 49.7 Å². The second-order valence-electron chi connectivity index (χ2n) is 6.93. The van der Waals surface area contributed by atoms with Crippen LogP contribution in [-0.2, 0) is 17.6 Å². The van der Waals surface area contributed by atoms with Crippen LogP contribution in [0.1, 0.15) is 30.3 Å². The molecule has 0 radical (unpaired) electrons. The summed E-state index contributed by atoms with van der Waals surface area (Å²) in [5, 5.41) is 12.2. The van der Waals surface area contributed by atoms with Crippen LogP contribution in [-0.4, -0.2) is 25.9 Å². The first-order valence-corrected chi connectivity index (χ1v) is 11.4. The molecule has 1 N–H and O–H groups in total. The van der Waals surface area contributed by atoms with Crippen molar-refractivity contribution in [3.8, 4) is 0 Å². The van der Waals surface area contributed by atoms with Gasteiger partial charge in [0.05, 0.1) is 11.0 Å². The predicted molar refractivity (Wildman–Crippen MR) is 121 cm³/mol. The molecule has 152 valence electrons. The first-order valence-electron chi connectivity index (χ1n) is 9.58. The van der Waals surface area contributed by atoms with E-state index in [0.29, 0.717) is 6.42 Å². The molecule has 0 aliphatic carbocycles. The quantitative estimate of drug-likeness (QED) is 0.500. The third-order valence-corrected chi connectivity index (χ3v) is 6.92. The fourth-order valence-electron chi connectivity index (χ4n) is 2.75. The highest BCUT2D eigenvalue weighted by molar-refractivity contribution is 8.00. The highest BCUT2D eigenvalue weighted by Gasteiger charge is 2.21. The van der Waals surface area contributed by atoms with E-state index >= 15 is 0 Å². The van der Waals surface area contributed by atoms with Gasteiger partial charge in [0.2, 0.25) is 5.91 Å². The summed E-state index contributed by atoms with van der Waals surface area (Å²) >= 11 is 3.19. The summed E-state index contributed by atoms with van der Waals surface area (Å²) in [5.41, 5.74) is 3.19. The van der Waals surface area contributed by atoms with Crippen LogP contribution in [0.3, 0.4) is 0 Å². The van der Waals surface area contributed by atoms with Crippen molar-refractivity contribution in [3.63, 3.8) is 0 Å². The van der Waals surface area contributed by atoms with Crippen LogP contribution in [0.25, 0.3) is 0 Å². The lowest BCUT2D eigenvalue weighted by molar-refractivity contribution is -0.115. The van der Waals surface area contributed by atoms with E-state index in [2.05, 4.69) is 46.7 Å². The van der Waals surface area contributed by atoms with Crippen LogP contribution in [0.15, 0.2) is 58.6 Å². The molecule has 0 fully saturated rings. The number of benzene rings is 2. The number of hydrogen-bond donors (Lipinski definition) is 1. The predicted octanol–water partition coefficient (Wildman–Crippen LogP) is 5.23. The van der Waals surface area contributed by atoms with Crippen LogP contribution in [0.2, 0.25) is 0 Å². The summed E-state index contributed by atoms with van der Waals surface area (Å²) in [5.74, 6) is 1.62. The minimum absolute atomic E-state index is 0.0123. The smallest absolute Gasteiger partial charge is 0.237 e. The Kier molecular flexibility index (Phi) is 7.39. The number of rotatable bonds is 8. The third-order valence-electron chi connectivity index (χ3n) is 4.51. The van der Waals surface area contributed by atoms with Crippen molar-refractivity contribution in [2.75, 3.05) is 5.32 Å². The zero-order chi connectivity index (χ0) is 20.8. The number of nitrogens with one attached hydrogen (secondary N) is 1. The molecule has 0 bridgehead atoms. The Morgan fingerprint density at radius 2 is 1.86 bits per heavy atom. The molecule has 1 heterocycles. The first-order chi connectivity index (χ1) is 14.0. The molecule has 0 aliphatic rings. The van der Waals surface area contributed by atoms with Crippen molar-refractivity contribution in [2.24, 2.45) is 7.05 Å². The van der Waals surface area contributed by atoms with Gasteiger partial charge in [-0.3, -0.25) is 4.79 Å². The van der Waals surface area contributed by atoms with E-state index in [-0.39, 0.29) is 11.2 Å². The molecule has 29 heavy (non-hydrogen) atoms. The molecule has 1 atom stereocenters. The van der Waals surface area contributed by atoms with Crippen LogP contribution < -0.4 is 5.32 Å². The number of nitrogens with zero attached hydrogens (tertiary/aromatic N) is 3. The van der Waals surface area contributed by atoms with Crippen LogP contribution in [0.5, 0.6) is 0 Å². The number of aryl methyl sites for hydroxylation is 2. The van der Waals surface area contributed by atoms with E-state index in [1.165, 1.54) is 22.2 Å². The monoisotopic (exact) mass is 426 g/mol. The van der Waals surface area contributed by atoms with Gasteiger partial charge in [-0.25, -0.2) is 0 Å². The van der Waals surface area contributed by atoms with Gasteiger partial charge in [0, 0.05) is 17.6 Å². The number of aromatic nitrogens is 3. The molecule has 0 spiro atoms. The maximum atomic E-state index is 12.7. The first kappa shape index (κ1) is 21.5. The molecule has 3 aromatic rings. The Morgan fingerprint density at radius 1 is 1.10 bits per heavy atom. The molecule has 2 aromatic carbocycles. The molecule has 1 unspecified atom stereocenters. The van der Waals surface area contributed by atoms with Gasteiger partial charge in [-0.05, 0) is 50.1 Å². The fourth-order valence-corrected chi connectivity index (χ4v) is 4.57. The molecule has 0 aliphatic heterocycles. The minimum Gasteiger partial charge on any atom is -0.325 e. The van der Waals surface area contributed by atoms with Crippen LogP contribution in [0.4, 0.5) is 5.69 Å². The number of carbonyl (C=O) groups is 1. The normalized spacial score (nSPS) is 12.0. The number of hydrogen-bond acceptors (Lipinski definition) is 5. The van der Waals surface area contributed by atoms with E-state index in [0.717, 1.165) is 28.0 Å². The van der Waals surface area contributed by atoms with E-state index in [9.17, 15) is 4.79 Å². The molecule has 1 amide bonds. The second-order valence-corrected chi connectivity index (χ2v) is 9.15. The molecule has 0 saturated heterocycles. The van der Waals surface area contributed by atoms with Crippen LogP contribution in [0, 0.1) is 13.8 Å². The van der Waals surface area contributed by atoms with Gasteiger partial charge in [-0.1, -0.05) is 48.5 Å². The zero-order valence-corrected chi connectivity index (χ0v) is 18.8. The summed E-state index contributed by atoms with van der Waals surface area (Å²) in [7, 11) is 1.96. The zero-order valence-electron chi connectivity index (χ0n) is 17.2. The van der Waals surface area contributed by atoms with Gasteiger partial charge >= 0.3 is 0 Å². The van der Waals surface area contributed by atoms with E-state index < -0.39 is 0 Å². The van der Waals surface area contributed by atoms with Crippen molar-refractivity contribution < 1.29 is 4.79 Å².